The smallest absolute Gasteiger partial charge is 0.293 e. The van der Waals surface area contributed by atoms with E-state index in [1.165, 1.54) is 0 Å². The fraction of sp³-hybridized carbons (Fsp3) is 0.833. The molecule has 0 N–H and O–H groups in total. The molecule has 0 aromatic carbocycles. The van der Waals surface area contributed by atoms with Gasteiger partial charge < -0.3 is 9.47 Å². The van der Waals surface area contributed by atoms with Gasteiger partial charge in [0.15, 0.2) is 0 Å². The summed E-state index contributed by atoms with van der Waals surface area (Å²) in [5.74, 6) is 0. The Morgan fingerprint density at radius 3 is 1.62 bits per heavy atom. The summed E-state index contributed by atoms with van der Waals surface area (Å²) in [4.78, 5) is 20.4. The van der Waals surface area contributed by atoms with E-state index in [1.54, 1.807) is 0 Å². The molecule has 0 saturated heterocycles. The first-order valence-corrected chi connectivity index (χ1v) is 5.05. The minimum Gasteiger partial charge on any atom is -0.464 e. The van der Waals surface area contributed by atoms with E-state index in [0.29, 0.717) is 19.4 Å². The van der Waals surface area contributed by atoms with Crippen LogP contribution in [0.3, 0.4) is 0 Å². The quantitative estimate of drug-likeness (QED) is 0.699. The molecule has 0 spiro atoms. The molecular formula is C12H24O4. The van der Waals surface area contributed by atoms with E-state index in [4.69, 9.17) is 9.47 Å². The normalized spacial score (nSPS) is 24.8. The first-order valence-electron chi connectivity index (χ1n) is 5.05. The van der Waals surface area contributed by atoms with E-state index < -0.39 is 0 Å². The van der Waals surface area contributed by atoms with Crippen LogP contribution in [-0.2, 0) is 19.1 Å². The second-order valence-corrected chi connectivity index (χ2v) is 3.58. The van der Waals surface area contributed by atoms with E-state index in [-0.39, 0.29) is 27.1 Å². The Morgan fingerprint density at radius 1 is 0.812 bits per heavy atom. The highest BCUT2D eigenvalue weighted by atomic mass is 16.5. The Labute approximate surface area is 98.3 Å². The van der Waals surface area contributed by atoms with Crippen molar-refractivity contribution in [3.63, 3.8) is 0 Å². The van der Waals surface area contributed by atoms with Gasteiger partial charge in [0.2, 0.25) is 0 Å². The lowest BCUT2D eigenvalue weighted by atomic mass is 9.96. The molecule has 96 valence electrons. The van der Waals surface area contributed by atoms with Gasteiger partial charge in [-0.25, -0.2) is 0 Å². The van der Waals surface area contributed by atoms with Crippen molar-refractivity contribution in [2.45, 2.75) is 65.6 Å². The fourth-order valence-electron chi connectivity index (χ4n) is 1.85. The molecule has 1 fully saturated rings. The maximum Gasteiger partial charge on any atom is 0.293 e. The Morgan fingerprint density at radius 2 is 1.25 bits per heavy atom. The first kappa shape index (κ1) is 17.3. The van der Waals surface area contributed by atoms with Crippen molar-refractivity contribution in [2.24, 2.45) is 0 Å². The van der Waals surface area contributed by atoms with Gasteiger partial charge in [0.1, 0.15) is 12.2 Å². The zero-order chi connectivity index (χ0) is 10.2. The standard InChI is InChI=1S/C10H16O4.2CH4/c11-7-13-9-4-2-1-3-5-10(6-9)14-8-12;;/h7-10H,1-6H2;2*1H4. The molecule has 1 saturated carbocycles. The van der Waals surface area contributed by atoms with Gasteiger partial charge in [0.05, 0.1) is 0 Å². The van der Waals surface area contributed by atoms with Crippen molar-refractivity contribution in [3.05, 3.63) is 0 Å². The molecule has 16 heavy (non-hydrogen) atoms. The van der Waals surface area contributed by atoms with E-state index in [1.807, 2.05) is 0 Å². The van der Waals surface area contributed by atoms with Crippen LogP contribution in [0.5, 0.6) is 0 Å². The first-order chi connectivity index (χ1) is 6.86. The van der Waals surface area contributed by atoms with Crippen LogP contribution in [0.2, 0.25) is 0 Å². The average molecular weight is 232 g/mol. The second-order valence-electron chi connectivity index (χ2n) is 3.58. The summed E-state index contributed by atoms with van der Waals surface area (Å²) in [6.07, 6.45) is 5.47. The second kappa shape index (κ2) is 10.5. The topological polar surface area (TPSA) is 52.6 Å². The maximum absolute atomic E-state index is 10.2. The van der Waals surface area contributed by atoms with Gasteiger partial charge in [-0.05, 0) is 25.7 Å². The Hall–Kier alpha value is -1.06. The van der Waals surface area contributed by atoms with Gasteiger partial charge in [-0.15, -0.1) is 0 Å². The summed E-state index contributed by atoms with van der Waals surface area (Å²) in [5.41, 5.74) is 0. The lowest BCUT2D eigenvalue weighted by molar-refractivity contribution is -0.140. The monoisotopic (exact) mass is 232 g/mol. The number of hydrogen-bond donors (Lipinski definition) is 0. The lowest BCUT2D eigenvalue weighted by Crippen LogP contribution is -2.24. The Balaban J connectivity index is 0. The predicted molar refractivity (Wildman–Crippen MR) is 63.0 cm³/mol. The molecule has 1 aliphatic carbocycles. The number of rotatable bonds is 4. The van der Waals surface area contributed by atoms with Gasteiger partial charge in [0.25, 0.3) is 12.9 Å². The number of carbonyl (C=O) groups excluding carboxylic acids is 2. The molecule has 4 nitrogen and oxygen atoms in total. The highest BCUT2D eigenvalue weighted by Crippen LogP contribution is 2.21. The van der Waals surface area contributed by atoms with Gasteiger partial charge in [0, 0.05) is 6.42 Å². The van der Waals surface area contributed by atoms with Crippen molar-refractivity contribution in [2.75, 3.05) is 0 Å². The molecule has 2 atom stereocenters. The molecule has 0 radical (unpaired) electrons. The van der Waals surface area contributed by atoms with Crippen molar-refractivity contribution in [1.29, 1.82) is 0 Å². The molecule has 1 rings (SSSR count). The molecule has 2 unspecified atom stereocenters. The predicted octanol–water partition coefficient (Wildman–Crippen LogP) is 2.70. The van der Waals surface area contributed by atoms with Crippen molar-refractivity contribution in [1.82, 2.24) is 0 Å². The van der Waals surface area contributed by atoms with E-state index in [0.717, 1.165) is 32.1 Å². The summed E-state index contributed by atoms with van der Waals surface area (Å²) in [7, 11) is 0. The third-order valence-corrected chi connectivity index (χ3v) is 2.57. The molecule has 1 aliphatic rings. The molecule has 0 amide bonds. The van der Waals surface area contributed by atoms with Crippen molar-refractivity contribution >= 4 is 12.9 Å². The van der Waals surface area contributed by atoms with Gasteiger partial charge in [-0.1, -0.05) is 21.3 Å². The highest BCUT2D eigenvalue weighted by molar-refractivity contribution is 5.38. The van der Waals surface area contributed by atoms with Crippen LogP contribution in [-0.4, -0.2) is 25.2 Å². The molecule has 0 aliphatic heterocycles. The molecule has 0 aromatic heterocycles. The van der Waals surface area contributed by atoms with Crippen LogP contribution in [0.25, 0.3) is 0 Å². The molecule has 0 bridgehead atoms. The van der Waals surface area contributed by atoms with Crippen LogP contribution in [0.1, 0.15) is 53.4 Å². The summed E-state index contributed by atoms with van der Waals surface area (Å²) < 4.78 is 9.84. The maximum atomic E-state index is 10.2. The summed E-state index contributed by atoms with van der Waals surface area (Å²) in [5, 5.41) is 0. The third-order valence-electron chi connectivity index (χ3n) is 2.57. The summed E-state index contributed by atoms with van der Waals surface area (Å²) in [6, 6.07) is 0. The van der Waals surface area contributed by atoms with Crippen molar-refractivity contribution < 1.29 is 19.1 Å². The SMILES string of the molecule is C.C.O=COC1CCCCCC(OC=O)C1. The number of carbonyl (C=O) groups is 2. The molecule has 0 aromatic rings. The van der Waals surface area contributed by atoms with E-state index >= 15 is 0 Å². The minimum atomic E-state index is -0.0854. The lowest BCUT2D eigenvalue weighted by Gasteiger charge is -2.23. The molecule has 4 heteroatoms. The third kappa shape index (κ3) is 6.43. The van der Waals surface area contributed by atoms with E-state index in [2.05, 4.69) is 0 Å². The van der Waals surface area contributed by atoms with E-state index in [9.17, 15) is 9.59 Å². The minimum absolute atomic E-state index is 0. The van der Waals surface area contributed by atoms with Crippen LogP contribution < -0.4 is 0 Å². The van der Waals surface area contributed by atoms with Crippen LogP contribution in [0.15, 0.2) is 0 Å². The van der Waals surface area contributed by atoms with Crippen LogP contribution in [0, 0.1) is 0 Å². The molecule has 0 heterocycles. The van der Waals surface area contributed by atoms with Gasteiger partial charge in [-0.2, -0.15) is 0 Å². The zero-order valence-corrected chi connectivity index (χ0v) is 8.19. The van der Waals surface area contributed by atoms with Gasteiger partial charge in [-0.3, -0.25) is 9.59 Å². The zero-order valence-electron chi connectivity index (χ0n) is 8.19. The van der Waals surface area contributed by atoms with Crippen LogP contribution >= 0.6 is 0 Å². The van der Waals surface area contributed by atoms with Gasteiger partial charge >= 0.3 is 0 Å². The molecular weight excluding hydrogens is 208 g/mol. The number of ether oxygens (including phenoxy) is 2. The van der Waals surface area contributed by atoms with Crippen LogP contribution in [0.4, 0.5) is 0 Å². The van der Waals surface area contributed by atoms with Crippen molar-refractivity contribution in [3.8, 4) is 0 Å². The average Bonchev–Trinajstić information content (AvgIpc) is 2.13. The number of hydrogen-bond acceptors (Lipinski definition) is 4. The Bertz CT molecular complexity index is 164. The Kier molecular flexibility index (Phi) is 11.3. The summed E-state index contributed by atoms with van der Waals surface area (Å²) in [6.45, 7) is 0.953. The highest BCUT2D eigenvalue weighted by Gasteiger charge is 2.20. The largest absolute Gasteiger partial charge is 0.464 e. The fourth-order valence-corrected chi connectivity index (χ4v) is 1.85. The summed E-state index contributed by atoms with van der Waals surface area (Å²) >= 11 is 0.